The van der Waals surface area contributed by atoms with E-state index in [9.17, 15) is 4.79 Å². The van der Waals surface area contributed by atoms with Crippen LogP contribution in [0.2, 0.25) is 0 Å². The van der Waals surface area contributed by atoms with Crippen molar-refractivity contribution in [2.24, 2.45) is 11.8 Å². The standard InChI is InChI=1S/C16H18O2/c1-2-11-7-8-13(9-11)16(17)15-10-12-5-3-4-6-14(12)18-15/h3-6,10-11,13H,2,7-9H2,1H3. The van der Waals surface area contributed by atoms with Gasteiger partial charge in [-0.3, -0.25) is 4.79 Å². The van der Waals surface area contributed by atoms with Crippen LogP contribution < -0.4 is 0 Å². The molecule has 0 N–H and O–H groups in total. The highest BCUT2D eigenvalue weighted by Crippen LogP contribution is 2.35. The van der Waals surface area contributed by atoms with Gasteiger partial charge in [-0.1, -0.05) is 31.5 Å². The van der Waals surface area contributed by atoms with Gasteiger partial charge >= 0.3 is 0 Å². The van der Waals surface area contributed by atoms with E-state index in [0.29, 0.717) is 5.76 Å². The number of benzene rings is 1. The molecular formula is C16H18O2. The summed E-state index contributed by atoms with van der Waals surface area (Å²) in [4.78, 5) is 12.4. The Bertz CT molecular complexity index is 534. The molecule has 0 bridgehead atoms. The van der Waals surface area contributed by atoms with E-state index in [1.54, 1.807) is 0 Å². The molecule has 2 heteroatoms. The van der Waals surface area contributed by atoms with Gasteiger partial charge in [0.2, 0.25) is 5.78 Å². The first-order valence-electron chi connectivity index (χ1n) is 6.80. The first-order valence-corrected chi connectivity index (χ1v) is 6.80. The number of carbonyl (C=O) groups excluding carboxylic acids is 1. The van der Waals surface area contributed by atoms with Crippen molar-refractivity contribution in [1.82, 2.24) is 0 Å². The van der Waals surface area contributed by atoms with Gasteiger partial charge in [-0.15, -0.1) is 0 Å². The molecular weight excluding hydrogens is 224 g/mol. The number of carbonyl (C=O) groups is 1. The fourth-order valence-corrected chi connectivity index (χ4v) is 2.99. The second kappa shape index (κ2) is 4.60. The third kappa shape index (κ3) is 1.96. The maximum absolute atomic E-state index is 12.4. The maximum Gasteiger partial charge on any atom is 0.201 e. The average Bonchev–Trinajstić information content (AvgIpc) is 3.04. The summed E-state index contributed by atoms with van der Waals surface area (Å²) in [6.07, 6.45) is 4.43. The molecule has 0 saturated heterocycles. The zero-order chi connectivity index (χ0) is 12.5. The van der Waals surface area contributed by atoms with Crippen molar-refractivity contribution in [2.75, 3.05) is 0 Å². The number of hydrogen-bond donors (Lipinski definition) is 0. The molecule has 0 radical (unpaired) electrons. The van der Waals surface area contributed by atoms with Crippen LogP contribution in [0.25, 0.3) is 11.0 Å². The van der Waals surface area contributed by atoms with Crippen molar-refractivity contribution >= 4 is 16.8 Å². The summed E-state index contributed by atoms with van der Waals surface area (Å²) in [6, 6.07) is 9.68. The molecule has 1 aromatic carbocycles. The van der Waals surface area contributed by atoms with Gasteiger partial charge in [-0.25, -0.2) is 0 Å². The highest BCUT2D eigenvalue weighted by atomic mass is 16.3. The van der Waals surface area contributed by atoms with Gasteiger partial charge in [-0.05, 0) is 37.3 Å². The Hall–Kier alpha value is -1.57. The lowest BCUT2D eigenvalue weighted by Gasteiger charge is -2.06. The zero-order valence-corrected chi connectivity index (χ0v) is 10.7. The third-order valence-electron chi connectivity index (χ3n) is 4.16. The molecule has 2 unspecified atom stereocenters. The number of furan rings is 1. The highest BCUT2D eigenvalue weighted by Gasteiger charge is 2.31. The number of para-hydroxylation sites is 1. The fraction of sp³-hybridized carbons (Fsp3) is 0.438. The number of fused-ring (bicyclic) bond motifs is 1. The van der Waals surface area contributed by atoms with Crippen LogP contribution in [-0.4, -0.2) is 5.78 Å². The SMILES string of the molecule is CCC1CCC(C(=O)c2cc3ccccc3o2)C1. The summed E-state index contributed by atoms with van der Waals surface area (Å²) in [5.74, 6) is 1.64. The topological polar surface area (TPSA) is 30.2 Å². The summed E-state index contributed by atoms with van der Waals surface area (Å²) in [5.41, 5.74) is 0.811. The van der Waals surface area contributed by atoms with Gasteiger partial charge < -0.3 is 4.42 Å². The van der Waals surface area contributed by atoms with Crippen LogP contribution in [-0.2, 0) is 0 Å². The lowest BCUT2D eigenvalue weighted by molar-refractivity contribution is 0.0893. The molecule has 0 spiro atoms. The van der Waals surface area contributed by atoms with Gasteiger partial charge in [0.05, 0.1) is 0 Å². The van der Waals surface area contributed by atoms with Crippen LogP contribution in [0.15, 0.2) is 34.7 Å². The van der Waals surface area contributed by atoms with Gasteiger partial charge in [0.1, 0.15) is 5.58 Å². The van der Waals surface area contributed by atoms with E-state index < -0.39 is 0 Å². The molecule has 1 aromatic heterocycles. The monoisotopic (exact) mass is 242 g/mol. The van der Waals surface area contributed by atoms with Crippen molar-refractivity contribution in [3.8, 4) is 0 Å². The minimum Gasteiger partial charge on any atom is -0.453 e. The van der Waals surface area contributed by atoms with Gasteiger partial charge in [0.15, 0.2) is 5.76 Å². The van der Waals surface area contributed by atoms with Crippen LogP contribution in [0.1, 0.15) is 43.2 Å². The normalized spacial score (nSPS) is 23.6. The van der Waals surface area contributed by atoms with Crippen molar-refractivity contribution in [3.63, 3.8) is 0 Å². The molecule has 2 nitrogen and oxygen atoms in total. The Labute approximate surface area is 107 Å². The number of rotatable bonds is 3. The molecule has 18 heavy (non-hydrogen) atoms. The van der Waals surface area contributed by atoms with E-state index in [-0.39, 0.29) is 11.7 Å². The molecule has 2 aromatic rings. The minimum absolute atomic E-state index is 0.176. The molecule has 1 fully saturated rings. The molecule has 1 heterocycles. The molecule has 3 rings (SSSR count). The Kier molecular flexibility index (Phi) is 2.94. The molecule has 0 aliphatic heterocycles. The number of Topliss-reactive ketones (excluding diaryl/α,β-unsaturated/α-hetero) is 1. The first kappa shape index (κ1) is 11.5. The van der Waals surface area contributed by atoms with Crippen LogP contribution >= 0.6 is 0 Å². The van der Waals surface area contributed by atoms with Crippen LogP contribution in [0.5, 0.6) is 0 Å². The molecule has 1 aliphatic carbocycles. The fourth-order valence-electron chi connectivity index (χ4n) is 2.99. The van der Waals surface area contributed by atoms with Crippen molar-refractivity contribution in [2.45, 2.75) is 32.6 Å². The number of hydrogen-bond acceptors (Lipinski definition) is 2. The maximum atomic E-state index is 12.4. The Morgan fingerprint density at radius 2 is 2.17 bits per heavy atom. The summed E-state index contributed by atoms with van der Waals surface area (Å²) < 4.78 is 5.66. The van der Waals surface area contributed by atoms with Crippen LogP contribution in [0.3, 0.4) is 0 Å². The Morgan fingerprint density at radius 3 is 2.89 bits per heavy atom. The smallest absolute Gasteiger partial charge is 0.201 e. The molecule has 2 atom stereocenters. The van der Waals surface area contributed by atoms with Crippen molar-refractivity contribution in [1.29, 1.82) is 0 Å². The van der Waals surface area contributed by atoms with Crippen molar-refractivity contribution < 1.29 is 9.21 Å². The average molecular weight is 242 g/mol. The predicted octanol–water partition coefficient (Wildman–Crippen LogP) is 4.44. The van der Waals surface area contributed by atoms with E-state index in [1.807, 2.05) is 30.3 Å². The number of ketones is 1. The predicted molar refractivity (Wildman–Crippen MR) is 71.7 cm³/mol. The first-order chi connectivity index (χ1) is 8.78. The molecule has 1 saturated carbocycles. The van der Waals surface area contributed by atoms with Crippen molar-refractivity contribution in [3.05, 3.63) is 36.1 Å². The van der Waals surface area contributed by atoms with E-state index in [1.165, 1.54) is 12.8 Å². The summed E-state index contributed by atoms with van der Waals surface area (Å²) in [6.45, 7) is 2.21. The lowest BCUT2D eigenvalue weighted by Crippen LogP contribution is -2.10. The van der Waals surface area contributed by atoms with Gasteiger partial charge in [0, 0.05) is 11.3 Å². The summed E-state index contributed by atoms with van der Waals surface area (Å²) in [5, 5.41) is 1.02. The van der Waals surface area contributed by atoms with E-state index >= 15 is 0 Å². The summed E-state index contributed by atoms with van der Waals surface area (Å²) >= 11 is 0. The molecule has 94 valence electrons. The third-order valence-corrected chi connectivity index (χ3v) is 4.16. The van der Waals surface area contributed by atoms with E-state index in [0.717, 1.165) is 29.7 Å². The minimum atomic E-state index is 0.176. The Balaban J connectivity index is 1.84. The van der Waals surface area contributed by atoms with Crippen LogP contribution in [0, 0.1) is 11.8 Å². The highest BCUT2D eigenvalue weighted by molar-refractivity contribution is 5.99. The largest absolute Gasteiger partial charge is 0.453 e. The van der Waals surface area contributed by atoms with E-state index in [4.69, 9.17) is 4.42 Å². The second-order valence-corrected chi connectivity index (χ2v) is 5.30. The zero-order valence-electron chi connectivity index (χ0n) is 10.7. The Morgan fingerprint density at radius 1 is 1.33 bits per heavy atom. The van der Waals surface area contributed by atoms with Gasteiger partial charge in [0.25, 0.3) is 0 Å². The van der Waals surface area contributed by atoms with E-state index in [2.05, 4.69) is 6.92 Å². The quantitative estimate of drug-likeness (QED) is 0.745. The lowest BCUT2D eigenvalue weighted by atomic mass is 9.98. The summed E-state index contributed by atoms with van der Waals surface area (Å²) in [7, 11) is 0. The second-order valence-electron chi connectivity index (χ2n) is 5.30. The molecule has 1 aliphatic rings. The molecule has 0 amide bonds. The van der Waals surface area contributed by atoms with Crippen LogP contribution in [0.4, 0.5) is 0 Å². The van der Waals surface area contributed by atoms with Gasteiger partial charge in [-0.2, -0.15) is 0 Å².